The Labute approximate surface area is 120 Å². The molecule has 0 aliphatic heterocycles. The largest absolute Gasteiger partial charge is 0.330 e. The molecule has 0 amide bonds. The molecule has 0 saturated carbocycles. The van der Waals surface area contributed by atoms with Crippen LogP contribution in [0.2, 0.25) is 0 Å². The Kier molecular flexibility index (Phi) is 3.36. The summed E-state index contributed by atoms with van der Waals surface area (Å²) in [6.45, 7) is 0.605. The first-order valence-corrected chi connectivity index (χ1v) is 7.01. The van der Waals surface area contributed by atoms with E-state index >= 15 is 0 Å². The number of fused-ring (bicyclic) bond motifs is 1. The molecular weight excluding hydrogens is 302 g/mol. The van der Waals surface area contributed by atoms with Crippen molar-refractivity contribution in [1.29, 1.82) is 0 Å². The molecule has 3 rings (SSSR count). The molecule has 2 heterocycles. The Balaban J connectivity index is 2.24. The van der Waals surface area contributed by atoms with Crippen LogP contribution in [0, 0.1) is 0 Å². The van der Waals surface area contributed by atoms with Crippen LogP contribution < -0.4 is 5.73 Å². The van der Waals surface area contributed by atoms with Crippen LogP contribution in [0.4, 0.5) is 0 Å². The quantitative estimate of drug-likeness (QED) is 0.806. The van der Waals surface area contributed by atoms with Crippen LogP contribution in [0.5, 0.6) is 0 Å². The third kappa shape index (κ3) is 2.29. The van der Waals surface area contributed by atoms with Crippen molar-refractivity contribution < 1.29 is 0 Å². The van der Waals surface area contributed by atoms with Gasteiger partial charge in [0, 0.05) is 22.7 Å². The first-order chi connectivity index (χ1) is 9.29. The maximum absolute atomic E-state index is 5.70. The molecule has 0 bridgehead atoms. The predicted molar refractivity (Wildman–Crippen MR) is 81.1 cm³/mol. The lowest BCUT2D eigenvalue weighted by atomic mass is 10.1. The second kappa shape index (κ2) is 5.15. The van der Waals surface area contributed by atoms with Gasteiger partial charge in [-0.1, -0.05) is 34.1 Å². The van der Waals surface area contributed by atoms with Gasteiger partial charge in [0.15, 0.2) is 0 Å². The molecule has 4 heteroatoms. The van der Waals surface area contributed by atoms with Crippen molar-refractivity contribution in [3.8, 4) is 11.3 Å². The van der Waals surface area contributed by atoms with Crippen LogP contribution in [0.15, 0.2) is 53.1 Å². The van der Waals surface area contributed by atoms with E-state index in [2.05, 4.69) is 37.4 Å². The van der Waals surface area contributed by atoms with Gasteiger partial charge in [0.25, 0.3) is 0 Å². The number of rotatable bonds is 3. The third-order valence-corrected chi connectivity index (χ3v) is 3.63. The summed E-state index contributed by atoms with van der Waals surface area (Å²) in [5.74, 6) is 0. The molecule has 0 aliphatic carbocycles. The number of hydrogen-bond donors (Lipinski definition) is 1. The topological polar surface area (TPSA) is 43.3 Å². The maximum Gasteiger partial charge on any atom is 0.137 e. The summed E-state index contributed by atoms with van der Waals surface area (Å²) in [4.78, 5) is 4.67. The lowest BCUT2D eigenvalue weighted by Crippen LogP contribution is -2.04. The van der Waals surface area contributed by atoms with Crippen molar-refractivity contribution in [2.75, 3.05) is 6.54 Å². The van der Waals surface area contributed by atoms with E-state index in [4.69, 9.17) is 5.73 Å². The molecule has 0 spiro atoms. The second-order valence-corrected chi connectivity index (χ2v) is 5.30. The van der Waals surface area contributed by atoms with Gasteiger partial charge in [-0.2, -0.15) is 0 Å². The number of imidazole rings is 1. The van der Waals surface area contributed by atoms with Crippen molar-refractivity contribution >= 4 is 21.6 Å². The van der Waals surface area contributed by atoms with Gasteiger partial charge in [0.1, 0.15) is 5.65 Å². The van der Waals surface area contributed by atoms with Crippen LogP contribution in [0.1, 0.15) is 5.69 Å². The Bertz CT molecular complexity index is 701. The van der Waals surface area contributed by atoms with Crippen LogP contribution in [-0.2, 0) is 6.42 Å². The van der Waals surface area contributed by atoms with E-state index in [0.717, 1.165) is 33.5 Å². The third-order valence-electron chi connectivity index (χ3n) is 3.10. The fraction of sp³-hybridized carbons (Fsp3) is 0.133. The van der Waals surface area contributed by atoms with Crippen molar-refractivity contribution in [2.24, 2.45) is 5.73 Å². The molecule has 0 aliphatic rings. The summed E-state index contributed by atoms with van der Waals surface area (Å²) in [6, 6.07) is 14.3. The molecule has 0 unspecified atom stereocenters. The highest BCUT2D eigenvalue weighted by molar-refractivity contribution is 9.10. The van der Waals surface area contributed by atoms with Gasteiger partial charge in [-0.15, -0.1) is 0 Å². The summed E-state index contributed by atoms with van der Waals surface area (Å²) in [5.41, 5.74) is 10.0. The van der Waals surface area contributed by atoms with Gasteiger partial charge < -0.3 is 5.73 Å². The molecule has 2 aromatic heterocycles. The molecule has 3 nitrogen and oxygen atoms in total. The van der Waals surface area contributed by atoms with Gasteiger partial charge in [-0.25, -0.2) is 4.98 Å². The van der Waals surface area contributed by atoms with Gasteiger partial charge in [0.2, 0.25) is 0 Å². The van der Waals surface area contributed by atoms with Crippen LogP contribution in [0.25, 0.3) is 16.9 Å². The van der Waals surface area contributed by atoms with Crippen molar-refractivity contribution in [2.45, 2.75) is 6.42 Å². The first kappa shape index (κ1) is 12.4. The number of aromatic nitrogens is 2. The van der Waals surface area contributed by atoms with E-state index < -0.39 is 0 Å². The van der Waals surface area contributed by atoms with Crippen molar-refractivity contribution in [3.63, 3.8) is 0 Å². The monoisotopic (exact) mass is 315 g/mol. The Morgan fingerprint density at radius 3 is 2.63 bits per heavy atom. The van der Waals surface area contributed by atoms with Crippen molar-refractivity contribution in [3.05, 3.63) is 58.8 Å². The van der Waals surface area contributed by atoms with Crippen LogP contribution >= 0.6 is 15.9 Å². The average molecular weight is 316 g/mol. The highest BCUT2D eigenvalue weighted by atomic mass is 79.9. The van der Waals surface area contributed by atoms with E-state index in [1.807, 2.05) is 36.5 Å². The number of hydrogen-bond acceptors (Lipinski definition) is 2. The maximum atomic E-state index is 5.70. The summed E-state index contributed by atoms with van der Waals surface area (Å²) in [6.07, 6.45) is 2.83. The Morgan fingerprint density at radius 2 is 1.89 bits per heavy atom. The minimum absolute atomic E-state index is 0.605. The number of benzene rings is 1. The zero-order chi connectivity index (χ0) is 13.2. The predicted octanol–water partition coefficient (Wildman–Crippen LogP) is 3.27. The molecular formula is C15H14BrN3. The summed E-state index contributed by atoms with van der Waals surface area (Å²) >= 11 is 3.47. The van der Waals surface area contributed by atoms with Gasteiger partial charge in [-0.05, 0) is 30.8 Å². The standard InChI is InChI=1S/C15H14BrN3/c16-12-6-4-11(5-7-12)15-13(8-9-17)18-14-3-1-2-10-19(14)15/h1-7,10H,8-9,17H2. The van der Waals surface area contributed by atoms with E-state index in [9.17, 15) is 0 Å². The number of halogens is 1. The summed E-state index contributed by atoms with van der Waals surface area (Å²) < 4.78 is 3.19. The molecule has 2 N–H and O–H groups in total. The highest BCUT2D eigenvalue weighted by Crippen LogP contribution is 2.26. The average Bonchev–Trinajstić information content (AvgIpc) is 2.78. The molecule has 3 aromatic rings. The molecule has 0 saturated heterocycles. The second-order valence-electron chi connectivity index (χ2n) is 4.38. The minimum atomic E-state index is 0.605. The van der Waals surface area contributed by atoms with E-state index in [1.165, 1.54) is 0 Å². The number of nitrogens with two attached hydrogens (primary N) is 1. The van der Waals surface area contributed by atoms with E-state index in [0.29, 0.717) is 6.54 Å². The van der Waals surface area contributed by atoms with E-state index in [1.54, 1.807) is 0 Å². The normalized spacial score (nSPS) is 11.1. The summed E-state index contributed by atoms with van der Waals surface area (Å²) in [7, 11) is 0. The molecule has 0 radical (unpaired) electrons. The molecule has 19 heavy (non-hydrogen) atoms. The fourth-order valence-corrected chi connectivity index (χ4v) is 2.53. The smallest absolute Gasteiger partial charge is 0.137 e. The van der Waals surface area contributed by atoms with Gasteiger partial charge in [0.05, 0.1) is 11.4 Å². The Morgan fingerprint density at radius 1 is 1.11 bits per heavy atom. The molecule has 0 atom stereocenters. The lowest BCUT2D eigenvalue weighted by molar-refractivity contribution is 0.939. The number of nitrogens with zero attached hydrogens (tertiary/aromatic N) is 2. The Hall–Kier alpha value is -1.65. The van der Waals surface area contributed by atoms with Gasteiger partial charge in [-0.3, -0.25) is 4.40 Å². The molecule has 96 valence electrons. The summed E-state index contributed by atoms with van der Waals surface area (Å²) in [5, 5.41) is 0. The number of pyridine rings is 1. The lowest BCUT2D eigenvalue weighted by Gasteiger charge is -2.05. The van der Waals surface area contributed by atoms with E-state index in [-0.39, 0.29) is 0 Å². The zero-order valence-corrected chi connectivity index (χ0v) is 12.0. The molecule has 0 fully saturated rings. The van der Waals surface area contributed by atoms with Crippen LogP contribution in [-0.4, -0.2) is 15.9 Å². The molecule has 1 aromatic carbocycles. The first-order valence-electron chi connectivity index (χ1n) is 6.21. The highest BCUT2D eigenvalue weighted by Gasteiger charge is 2.12. The zero-order valence-electron chi connectivity index (χ0n) is 10.4. The minimum Gasteiger partial charge on any atom is -0.330 e. The van der Waals surface area contributed by atoms with Gasteiger partial charge >= 0.3 is 0 Å². The fourth-order valence-electron chi connectivity index (χ4n) is 2.27. The van der Waals surface area contributed by atoms with Crippen molar-refractivity contribution in [1.82, 2.24) is 9.38 Å². The van der Waals surface area contributed by atoms with Crippen LogP contribution in [0.3, 0.4) is 0 Å². The SMILES string of the molecule is NCCc1nc2ccccn2c1-c1ccc(Br)cc1.